The zero-order valence-corrected chi connectivity index (χ0v) is 11.7. The minimum absolute atomic E-state index is 0.469. The Hall–Kier alpha value is -0.120. The lowest BCUT2D eigenvalue weighted by molar-refractivity contribution is 0.0249. The van der Waals surface area contributed by atoms with E-state index in [0.29, 0.717) is 17.6 Å². The van der Waals surface area contributed by atoms with Crippen molar-refractivity contribution in [1.29, 1.82) is 0 Å². The molecule has 2 heterocycles. The van der Waals surface area contributed by atoms with Crippen molar-refractivity contribution in [3.05, 3.63) is 0 Å². The zero-order valence-electron chi connectivity index (χ0n) is 11.7. The molecule has 3 fully saturated rings. The maximum Gasteiger partial charge on any atom is 0.0706 e. The predicted octanol–water partition coefficient (Wildman–Crippen LogP) is 2.45. The van der Waals surface area contributed by atoms with Crippen LogP contribution in [0.4, 0.5) is 0 Å². The van der Waals surface area contributed by atoms with Crippen LogP contribution in [-0.4, -0.2) is 50.0 Å². The molecule has 0 bridgehead atoms. The SMILES string of the molecule is CC1CCC(CN2CCOCC3(CCCC3)C2)O1. The van der Waals surface area contributed by atoms with Crippen LogP contribution in [0, 0.1) is 5.41 Å². The molecule has 0 aromatic carbocycles. The van der Waals surface area contributed by atoms with E-state index in [2.05, 4.69) is 11.8 Å². The molecule has 2 unspecified atom stereocenters. The molecule has 0 N–H and O–H groups in total. The molecular weight excluding hydrogens is 226 g/mol. The Balaban J connectivity index is 1.57. The molecule has 3 aliphatic rings. The number of hydrogen-bond donors (Lipinski definition) is 0. The van der Waals surface area contributed by atoms with Crippen molar-refractivity contribution in [2.24, 2.45) is 5.41 Å². The summed E-state index contributed by atoms with van der Waals surface area (Å²) in [5.41, 5.74) is 0.473. The minimum Gasteiger partial charge on any atom is -0.379 e. The molecule has 18 heavy (non-hydrogen) atoms. The summed E-state index contributed by atoms with van der Waals surface area (Å²) >= 11 is 0. The quantitative estimate of drug-likeness (QED) is 0.754. The summed E-state index contributed by atoms with van der Waals surface area (Å²) in [5.74, 6) is 0. The van der Waals surface area contributed by atoms with E-state index in [9.17, 15) is 0 Å². The van der Waals surface area contributed by atoms with Crippen LogP contribution in [0.1, 0.15) is 45.4 Å². The fourth-order valence-corrected chi connectivity index (χ4v) is 3.97. The molecule has 2 saturated heterocycles. The lowest BCUT2D eigenvalue weighted by Crippen LogP contribution is -2.40. The molecule has 1 saturated carbocycles. The molecule has 3 heteroatoms. The van der Waals surface area contributed by atoms with Crippen LogP contribution in [0.25, 0.3) is 0 Å². The first-order valence-electron chi connectivity index (χ1n) is 7.71. The molecular formula is C15H27NO2. The second kappa shape index (κ2) is 5.48. The van der Waals surface area contributed by atoms with Crippen LogP contribution in [-0.2, 0) is 9.47 Å². The fourth-order valence-electron chi connectivity index (χ4n) is 3.97. The van der Waals surface area contributed by atoms with Gasteiger partial charge >= 0.3 is 0 Å². The van der Waals surface area contributed by atoms with E-state index in [1.165, 1.54) is 45.1 Å². The summed E-state index contributed by atoms with van der Waals surface area (Å²) in [6, 6.07) is 0. The first kappa shape index (κ1) is 12.9. The first-order chi connectivity index (χ1) is 8.76. The predicted molar refractivity (Wildman–Crippen MR) is 71.7 cm³/mol. The van der Waals surface area contributed by atoms with Gasteiger partial charge in [0.2, 0.25) is 0 Å². The van der Waals surface area contributed by atoms with Gasteiger partial charge in [-0.15, -0.1) is 0 Å². The molecule has 3 rings (SSSR count). The molecule has 1 aliphatic carbocycles. The van der Waals surface area contributed by atoms with Gasteiger partial charge in [-0.25, -0.2) is 0 Å². The Morgan fingerprint density at radius 2 is 2.06 bits per heavy atom. The average Bonchev–Trinajstić information content (AvgIpc) is 2.89. The van der Waals surface area contributed by atoms with Crippen molar-refractivity contribution < 1.29 is 9.47 Å². The van der Waals surface area contributed by atoms with Gasteiger partial charge < -0.3 is 9.47 Å². The summed E-state index contributed by atoms with van der Waals surface area (Å²) in [6.45, 7) is 7.55. The van der Waals surface area contributed by atoms with Crippen LogP contribution in [0.5, 0.6) is 0 Å². The summed E-state index contributed by atoms with van der Waals surface area (Å²) in [6.07, 6.45) is 8.94. The molecule has 104 valence electrons. The van der Waals surface area contributed by atoms with Crippen molar-refractivity contribution in [3.8, 4) is 0 Å². The van der Waals surface area contributed by atoms with Crippen molar-refractivity contribution in [1.82, 2.24) is 4.90 Å². The van der Waals surface area contributed by atoms with Crippen LogP contribution >= 0.6 is 0 Å². The second-order valence-corrected chi connectivity index (χ2v) is 6.64. The third-order valence-corrected chi connectivity index (χ3v) is 4.97. The third kappa shape index (κ3) is 2.89. The lowest BCUT2D eigenvalue weighted by atomic mass is 9.86. The second-order valence-electron chi connectivity index (χ2n) is 6.64. The van der Waals surface area contributed by atoms with E-state index in [1.54, 1.807) is 0 Å². The van der Waals surface area contributed by atoms with Gasteiger partial charge in [-0.2, -0.15) is 0 Å². The molecule has 0 aromatic heterocycles. The van der Waals surface area contributed by atoms with Gasteiger partial charge in [0.1, 0.15) is 0 Å². The Labute approximate surface area is 111 Å². The molecule has 0 aromatic rings. The van der Waals surface area contributed by atoms with E-state index >= 15 is 0 Å². The van der Waals surface area contributed by atoms with Gasteiger partial charge in [0.25, 0.3) is 0 Å². The number of ether oxygens (including phenoxy) is 2. The van der Waals surface area contributed by atoms with E-state index in [-0.39, 0.29) is 0 Å². The topological polar surface area (TPSA) is 21.7 Å². The van der Waals surface area contributed by atoms with Gasteiger partial charge in [-0.1, -0.05) is 12.8 Å². The van der Waals surface area contributed by atoms with E-state index in [0.717, 1.165) is 26.3 Å². The van der Waals surface area contributed by atoms with Crippen molar-refractivity contribution in [2.75, 3.05) is 32.8 Å². The smallest absolute Gasteiger partial charge is 0.0706 e. The van der Waals surface area contributed by atoms with Crippen LogP contribution in [0.3, 0.4) is 0 Å². The highest BCUT2D eigenvalue weighted by atomic mass is 16.5. The minimum atomic E-state index is 0.469. The molecule has 0 amide bonds. The van der Waals surface area contributed by atoms with Gasteiger partial charge in [0.15, 0.2) is 0 Å². The monoisotopic (exact) mass is 253 g/mol. The van der Waals surface area contributed by atoms with Crippen LogP contribution < -0.4 is 0 Å². The normalized spacial score (nSPS) is 37.2. The first-order valence-corrected chi connectivity index (χ1v) is 7.71. The van der Waals surface area contributed by atoms with Gasteiger partial charge in [0, 0.05) is 25.0 Å². The van der Waals surface area contributed by atoms with Crippen molar-refractivity contribution >= 4 is 0 Å². The van der Waals surface area contributed by atoms with E-state index in [1.807, 2.05) is 0 Å². The van der Waals surface area contributed by atoms with Crippen LogP contribution in [0.2, 0.25) is 0 Å². The van der Waals surface area contributed by atoms with Crippen molar-refractivity contribution in [3.63, 3.8) is 0 Å². The Morgan fingerprint density at radius 3 is 2.78 bits per heavy atom. The summed E-state index contributed by atoms with van der Waals surface area (Å²) < 4.78 is 11.8. The highest BCUT2D eigenvalue weighted by Crippen LogP contribution is 2.40. The zero-order chi connectivity index (χ0) is 12.4. The fraction of sp³-hybridized carbons (Fsp3) is 1.00. The highest BCUT2D eigenvalue weighted by molar-refractivity contribution is 4.90. The Bertz CT molecular complexity index is 276. The Kier molecular flexibility index (Phi) is 3.92. The van der Waals surface area contributed by atoms with Crippen molar-refractivity contribution in [2.45, 2.75) is 57.7 Å². The summed E-state index contributed by atoms with van der Waals surface area (Å²) in [5, 5.41) is 0. The largest absolute Gasteiger partial charge is 0.379 e. The Morgan fingerprint density at radius 1 is 1.22 bits per heavy atom. The third-order valence-electron chi connectivity index (χ3n) is 4.97. The van der Waals surface area contributed by atoms with Gasteiger partial charge in [-0.05, 0) is 32.6 Å². The van der Waals surface area contributed by atoms with Gasteiger partial charge in [0.05, 0.1) is 25.4 Å². The molecule has 3 nitrogen and oxygen atoms in total. The molecule has 2 aliphatic heterocycles. The molecule has 0 radical (unpaired) electrons. The lowest BCUT2D eigenvalue weighted by Gasteiger charge is -2.32. The number of rotatable bonds is 2. The summed E-state index contributed by atoms with van der Waals surface area (Å²) in [4.78, 5) is 2.61. The number of nitrogens with zero attached hydrogens (tertiary/aromatic N) is 1. The van der Waals surface area contributed by atoms with Gasteiger partial charge in [-0.3, -0.25) is 4.90 Å². The molecule has 1 spiro atoms. The highest BCUT2D eigenvalue weighted by Gasteiger charge is 2.38. The van der Waals surface area contributed by atoms with Crippen LogP contribution in [0.15, 0.2) is 0 Å². The summed E-state index contributed by atoms with van der Waals surface area (Å²) in [7, 11) is 0. The van der Waals surface area contributed by atoms with E-state index in [4.69, 9.17) is 9.47 Å². The number of hydrogen-bond acceptors (Lipinski definition) is 3. The van der Waals surface area contributed by atoms with E-state index < -0.39 is 0 Å². The average molecular weight is 253 g/mol. The standard InChI is InChI=1S/C15H27NO2/c1-13-4-5-14(18-13)10-16-8-9-17-12-15(11-16)6-2-3-7-15/h13-14H,2-12H2,1H3. The maximum atomic E-state index is 5.97. The maximum absolute atomic E-state index is 5.97. The molecule has 2 atom stereocenters.